The summed E-state index contributed by atoms with van der Waals surface area (Å²) >= 11 is 3.18. The fourth-order valence-corrected chi connectivity index (χ4v) is 0.584. The van der Waals surface area contributed by atoms with E-state index >= 15 is 0 Å². The predicted octanol–water partition coefficient (Wildman–Crippen LogP) is 1.68. The van der Waals surface area contributed by atoms with E-state index in [4.69, 9.17) is 0 Å². The molecule has 0 bridgehead atoms. The molecule has 0 spiro atoms. The van der Waals surface area contributed by atoms with Crippen molar-refractivity contribution in [3.05, 3.63) is 0 Å². The predicted molar refractivity (Wildman–Crippen MR) is 46.3 cm³/mol. The van der Waals surface area contributed by atoms with Crippen molar-refractivity contribution in [3.63, 3.8) is 0 Å². The lowest BCUT2D eigenvalue weighted by molar-refractivity contribution is -0.121. The summed E-state index contributed by atoms with van der Waals surface area (Å²) in [4.78, 5) is 10.9. The summed E-state index contributed by atoms with van der Waals surface area (Å²) in [6.45, 7) is 7.68. The van der Waals surface area contributed by atoms with Crippen molar-refractivity contribution in [3.8, 4) is 0 Å². The number of hydrogen-bond acceptors (Lipinski definition) is 1. The smallest absolute Gasteiger partial charge is 0.233 e. The minimum absolute atomic E-state index is 0.0347. The van der Waals surface area contributed by atoms with Gasteiger partial charge >= 0.3 is 0 Å². The van der Waals surface area contributed by atoms with E-state index in [1.807, 2.05) is 20.8 Å². The van der Waals surface area contributed by atoms with Gasteiger partial charge in [0.25, 0.3) is 0 Å². The minimum Gasteiger partial charge on any atom is -0.351 e. The molecule has 0 fully saturated rings. The second-order valence-electron chi connectivity index (χ2n) is 3.36. The average Bonchev–Trinajstić information content (AvgIpc) is 1.60. The van der Waals surface area contributed by atoms with E-state index in [9.17, 15) is 4.79 Å². The number of halogens is 1. The largest absolute Gasteiger partial charge is 0.351 e. The summed E-state index contributed by atoms with van der Waals surface area (Å²) in [5, 5.41) is 2.83. The number of amides is 1. The third-order valence-electron chi connectivity index (χ3n) is 0.859. The van der Waals surface area contributed by atoms with Crippen LogP contribution in [0.25, 0.3) is 0 Å². The van der Waals surface area contributed by atoms with E-state index < -0.39 is 0 Å². The molecule has 0 aromatic carbocycles. The standard InChI is InChI=1S/C7H14BrNO/c1-5(8)6(10)9-7(2,3)4/h5H,1-4H3,(H,9,10)/t5-/m1/s1. The van der Waals surface area contributed by atoms with Crippen LogP contribution < -0.4 is 5.32 Å². The lowest BCUT2D eigenvalue weighted by Crippen LogP contribution is -2.43. The Bertz CT molecular complexity index is 126. The van der Waals surface area contributed by atoms with Crippen LogP contribution in [0.5, 0.6) is 0 Å². The summed E-state index contributed by atoms with van der Waals surface area (Å²) in [6.07, 6.45) is 0. The summed E-state index contributed by atoms with van der Waals surface area (Å²) in [5.41, 5.74) is -0.126. The van der Waals surface area contributed by atoms with E-state index in [0.29, 0.717) is 0 Å². The Morgan fingerprint density at radius 2 is 1.90 bits per heavy atom. The van der Waals surface area contributed by atoms with E-state index in [1.165, 1.54) is 0 Å². The molecule has 0 radical (unpaired) electrons. The third-order valence-corrected chi connectivity index (χ3v) is 1.28. The van der Waals surface area contributed by atoms with Crippen molar-refractivity contribution in [1.82, 2.24) is 5.32 Å². The summed E-state index contributed by atoms with van der Waals surface area (Å²) in [6, 6.07) is 0. The molecule has 0 saturated carbocycles. The van der Waals surface area contributed by atoms with Crippen molar-refractivity contribution in [2.45, 2.75) is 38.1 Å². The first-order chi connectivity index (χ1) is 4.33. The molecule has 0 aliphatic heterocycles. The van der Waals surface area contributed by atoms with Gasteiger partial charge in [-0.15, -0.1) is 0 Å². The van der Waals surface area contributed by atoms with E-state index in [2.05, 4.69) is 21.2 Å². The van der Waals surface area contributed by atoms with E-state index in [0.717, 1.165) is 0 Å². The number of hydrogen-bond donors (Lipinski definition) is 1. The number of carbonyl (C=O) groups is 1. The Balaban J connectivity index is 3.81. The van der Waals surface area contributed by atoms with Gasteiger partial charge in [-0.1, -0.05) is 15.9 Å². The van der Waals surface area contributed by atoms with Gasteiger partial charge in [0.15, 0.2) is 0 Å². The molecule has 10 heavy (non-hydrogen) atoms. The molecule has 3 heteroatoms. The zero-order chi connectivity index (χ0) is 8.36. The second kappa shape index (κ2) is 3.37. The van der Waals surface area contributed by atoms with Gasteiger partial charge in [0.05, 0.1) is 4.83 Å². The molecule has 0 rings (SSSR count). The zero-order valence-corrected chi connectivity index (χ0v) is 8.45. The van der Waals surface area contributed by atoms with Crippen LogP contribution in [0.1, 0.15) is 27.7 Å². The number of rotatable bonds is 1. The summed E-state index contributed by atoms with van der Waals surface area (Å²) < 4.78 is 0. The van der Waals surface area contributed by atoms with Crippen LogP contribution >= 0.6 is 15.9 Å². The lowest BCUT2D eigenvalue weighted by atomic mass is 10.1. The summed E-state index contributed by atoms with van der Waals surface area (Å²) in [7, 11) is 0. The van der Waals surface area contributed by atoms with Gasteiger partial charge in [-0.3, -0.25) is 4.79 Å². The van der Waals surface area contributed by atoms with Gasteiger partial charge in [0.2, 0.25) is 5.91 Å². The Kier molecular flexibility index (Phi) is 3.36. The van der Waals surface area contributed by atoms with E-state index in [1.54, 1.807) is 6.92 Å². The topological polar surface area (TPSA) is 29.1 Å². The minimum atomic E-state index is -0.126. The van der Waals surface area contributed by atoms with Crippen LogP contribution in [-0.4, -0.2) is 16.3 Å². The lowest BCUT2D eigenvalue weighted by Gasteiger charge is -2.21. The Morgan fingerprint density at radius 3 is 2.00 bits per heavy atom. The fourth-order valence-electron chi connectivity index (χ4n) is 0.469. The Morgan fingerprint density at radius 1 is 1.50 bits per heavy atom. The van der Waals surface area contributed by atoms with Crippen LogP contribution in [-0.2, 0) is 4.79 Å². The van der Waals surface area contributed by atoms with Crippen molar-refractivity contribution < 1.29 is 4.79 Å². The molecule has 1 N–H and O–H groups in total. The first kappa shape index (κ1) is 9.95. The maximum atomic E-state index is 11.0. The molecule has 1 atom stereocenters. The Hall–Kier alpha value is -0.0500. The number of carbonyl (C=O) groups excluding carboxylic acids is 1. The second-order valence-corrected chi connectivity index (χ2v) is 4.73. The Labute approximate surface area is 70.5 Å². The molecule has 0 aromatic heterocycles. The molecule has 0 aromatic rings. The van der Waals surface area contributed by atoms with Crippen LogP contribution in [0.2, 0.25) is 0 Å². The molecule has 0 heterocycles. The van der Waals surface area contributed by atoms with Crippen molar-refractivity contribution in [2.24, 2.45) is 0 Å². The van der Waals surface area contributed by atoms with Crippen molar-refractivity contribution in [2.75, 3.05) is 0 Å². The third kappa shape index (κ3) is 4.79. The van der Waals surface area contributed by atoms with Crippen LogP contribution in [0.15, 0.2) is 0 Å². The maximum Gasteiger partial charge on any atom is 0.233 e. The van der Waals surface area contributed by atoms with Crippen LogP contribution in [0.4, 0.5) is 0 Å². The van der Waals surface area contributed by atoms with Crippen LogP contribution in [0, 0.1) is 0 Å². The highest BCUT2D eigenvalue weighted by atomic mass is 79.9. The van der Waals surface area contributed by atoms with Gasteiger partial charge in [0, 0.05) is 5.54 Å². The highest BCUT2D eigenvalue weighted by Crippen LogP contribution is 2.03. The quantitative estimate of drug-likeness (QED) is 0.652. The normalized spacial score (nSPS) is 14.5. The molecule has 0 aliphatic rings. The number of alkyl halides is 1. The SMILES string of the molecule is C[C@@H](Br)C(=O)NC(C)(C)C. The van der Waals surface area contributed by atoms with Gasteiger partial charge in [-0.25, -0.2) is 0 Å². The van der Waals surface area contributed by atoms with Crippen molar-refractivity contribution >= 4 is 21.8 Å². The van der Waals surface area contributed by atoms with Crippen molar-refractivity contribution in [1.29, 1.82) is 0 Å². The highest BCUT2D eigenvalue weighted by Gasteiger charge is 2.16. The van der Waals surface area contributed by atoms with Gasteiger partial charge < -0.3 is 5.32 Å². The van der Waals surface area contributed by atoms with Crippen LogP contribution in [0.3, 0.4) is 0 Å². The average molecular weight is 208 g/mol. The maximum absolute atomic E-state index is 11.0. The van der Waals surface area contributed by atoms with Gasteiger partial charge in [-0.05, 0) is 27.7 Å². The van der Waals surface area contributed by atoms with Gasteiger partial charge in [-0.2, -0.15) is 0 Å². The number of nitrogens with one attached hydrogen (secondary N) is 1. The molecule has 0 unspecified atom stereocenters. The molecule has 60 valence electrons. The monoisotopic (exact) mass is 207 g/mol. The first-order valence-corrected chi connectivity index (χ1v) is 4.20. The first-order valence-electron chi connectivity index (χ1n) is 3.29. The summed E-state index contributed by atoms with van der Waals surface area (Å²) in [5.74, 6) is 0.0347. The molecular weight excluding hydrogens is 194 g/mol. The molecule has 2 nitrogen and oxygen atoms in total. The molecular formula is C7H14BrNO. The molecule has 1 amide bonds. The molecule has 0 saturated heterocycles. The molecule has 0 aliphatic carbocycles. The zero-order valence-electron chi connectivity index (χ0n) is 6.86. The van der Waals surface area contributed by atoms with E-state index in [-0.39, 0.29) is 16.3 Å². The highest BCUT2D eigenvalue weighted by molar-refractivity contribution is 9.10. The fraction of sp³-hybridized carbons (Fsp3) is 0.857. The van der Waals surface area contributed by atoms with Gasteiger partial charge in [0.1, 0.15) is 0 Å².